The first kappa shape index (κ1) is 12.7. The van der Waals surface area contributed by atoms with E-state index in [0.29, 0.717) is 17.9 Å². The average Bonchev–Trinajstić information content (AvgIpc) is 2.52. The summed E-state index contributed by atoms with van der Waals surface area (Å²) >= 11 is 0. The minimum absolute atomic E-state index is 0.0215. The largest absolute Gasteiger partial charge is 0.462 e. The lowest BCUT2D eigenvalue weighted by Gasteiger charge is -2.41. The van der Waals surface area contributed by atoms with E-state index in [2.05, 4.69) is 6.58 Å². The third kappa shape index (κ3) is 2.28. The fraction of sp³-hybridized carbons (Fsp3) is 0.733. The normalized spacial score (nSPS) is 40.3. The molecule has 2 saturated carbocycles. The summed E-state index contributed by atoms with van der Waals surface area (Å²) in [6.45, 7) is 5.31. The van der Waals surface area contributed by atoms with E-state index in [1.807, 2.05) is 0 Å². The van der Waals surface area contributed by atoms with Crippen molar-refractivity contribution >= 4 is 11.9 Å². The van der Waals surface area contributed by atoms with Gasteiger partial charge in [0.25, 0.3) is 0 Å². The SMILES string of the molecule is C=C(C)C(=O)OC12CCC3CC(CC(C1)C(=O)O3)C2. The fourth-order valence-corrected chi connectivity index (χ4v) is 3.89. The Labute approximate surface area is 113 Å². The van der Waals surface area contributed by atoms with Gasteiger partial charge in [-0.05, 0) is 44.9 Å². The van der Waals surface area contributed by atoms with Crippen molar-refractivity contribution in [2.45, 2.75) is 57.2 Å². The monoisotopic (exact) mass is 264 g/mol. The molecule has 19 heavy (non-hydrogen) atoms. The van der Waals surface area contributed by atoms with Gasteiger partial charge in [-0.1, -0.05) is 6.58 Å². The van der Waals surface area contributed by atoms with Crippen LogP contribution in [-0.2, 0) is 19.1 Å². The molecule has 0 radical (unpaired) electrons. The van der Waals surface area contributed by atoms with Gasteiger partial charge in [0.1, 0.15) is 11.7 Å². The van der Waals surface area contributed by atoms with E-state index in [4.69, 9.17) is 9.47 Å². The van der Waals surface area contributed by atoms with Gasteiger partial charge in [0, 0.05) is 12.0 Å². The molecule has 4 nitrogen and oxygen atoms in total. The summed E-state index contributed by atoms with van der Waals surface area (Å²) in [6.07, 6.45) is 4.93. The van der Waals surface area contributed by atoms with Crippen molar-refractivity contribution in [2.75, 3.05) is 0 Å². The molecule has 3 aliphatic rings. The second-order valence-electron chi connectivity index (χ2n) is 6.39. The van der Waals surface area contributed by atoms with Crippen LogP contribution in [0.1, 0.15) is 45.4 Å². The molecule has 2 aliphatic carbocycles. The molecule has 4 heteroatoms. The fourth-order valence-electron chi connectivity index (χ4n) is 3.89. The number of esters is 2. The van der Waals surface area contributed by atoms with Gasteiger partial charge in [-0.15, -0.1) is 0 Å². The summed E-state index contributed by atoms with van der Waals surface area (Å²) in [5.74, 6) is -0.0768. The number of hydrogen-bond acceptors (Lipinski definition) is 4. The van der Waals surface area contributed by atoms with Crippen LogP contribution in [0, 0.1) is 11.8 Å². The molecule has 0 amide bonds. The van der Waals surface area contributed by atoms with Crippen LogP contribution in [-0.4, -0.2) is 23.6 Å². The number of carbonyl (C=O) groups excluding carboxylic acids is 2. The van der Waals surface area contributed by atoms with Gasteiger partial charge < -0.3 is 9.47 Å². The highest BCUT2D eigenvalue weighted by molar-refractivity contribution is 5.87. The molecule has 0 N–H and O–H groups in total. The molecule has 4 unspecified atom stereocenters. The smallest absolute Gasteiger partial charge is 0.333 e. The van der Waals surface area contributed by atoms with E-state index in [-0.39, 0.29) is 24.0 Å². The highest BCUT2D eigenvalue weighted by Crippen LogP contribution is 2.49. The maximum atomic E-state index is 12.0. The van der Waals surface area contributed by atoms with Crippen LogP contribution in [0.25, 0.3) is 0 Å². The van der Waals surface area contributed by atoms with Gasteiger partial charge in [-0.3, -0.25) is 4.79 Å². The lowest BCUT2D eigenvalue weighted by Crippen LogP contribution is -2.44. The Morgan fingerprint density at radius 1 is 1.42 bits per heavy atom. The van der Waals surface area contributed by atoms with Crippen LogP contribution in [0.3, 0.4) is 0 Å². The van der Waals surface area contributed by atoms with Gasteiger partial charge in [0.15, 0.2) is 0 Å². The Kier molecular flexibility index (Phi) is 2.91. The Hall–Kier alpha value is -1.32. The van der Waals surface area contributed by atoms with E-state index >= 15 is 0 Å². The highest BCUT2D eigenvalue weighted by Gasteiger charge is 2.51. The first-order chi connectivity index (χ1) is 8.97. The molecule has 4 bridgehead atoms. The molecule has 0 aromatic heterocycles. The maximum absolute atomic E-state index is 12.0. The number of hydrogen-bond donors (Lipinski definition) is 0. The van der Waals surface area contributed by atoms with E-state index in [9.17, 15) is 9.59 Å². The molecule has 0 aromatic rings. The predicted molar refractivity (Wildman–Crippen MR) is 68.2 cm³/mol. The standard InChI is InChI=1S/C15H20O4/c1-9(2)13(16)19-15-4-3-12-6-10(7-15)5-11(8-15)14(17)18-12/h10-12H,1,3-8H2,2H3. The topological polar surface area (TPSA) is 52.6 Å². The summed E-state index contributed by atoms with van der Waals surface area (Å²) in [4.78, 5) is 23.9. The Morgan fingerprint density at radius 3 is 2.95 bits per heavy atom. The predicted octanol–water partition coefficient (Wildman–Crippen LogP) is 2.37. The minimum Gasteiger partial charge on any atom is -0.462 e. The van der Waals surface area contributed by atoms with Crippen molar-refractivity contribution in [1.29, 1.82) is 0 Å². The van der Waals surface area contributed by atoms with Gasteiger partial charge in [0.05, 0.1) is 5.92 Å². The summed E-state index contributed by atoms with van der Waals surface area (Å²) in [5, 5.41) is 0. The first-order valence-electron chi connectivity index (χ1n) is 7.07. The van der Waals surface area contributed by atoms with E-state index in [1.54, 1.807) is 6.92 Å². The van der Waals surface area contributed by atoms with Gasteiger partial charge in [-0.2, -0.15) is 0 Å². The molecule has 104 valence electrons. The van der Waals surface area contributed by atoms with Crippen molar-refractivity contribution in [2.24, 2.45) is 11.8 Å². The van der Waals surface area contributed by atoms with Crippen LogP contribution in [0.15, 0.2) is 12.2 Å². The lowest BCUT2D eigenvalue weighted by atomic mass is 9.71. The number of fused-ring (bicyclic) bond motifs is 3. The quantitative estimate of drug-likeness (QED) is 0.567. The molecule has 0 aromatic carbocycles. The third-order valence-electron chi connectivity index (χ3n) is 4.69. The molecular weight excluding hydrogens is 244 g/mol. The molecule has 3 fully saturated rings. The summed E-state index contributed by atoms with van der Waals surface area (Å²) < 4.78 is 11.3. The van der Waals surface area contributed by atoms with Crippen LogP contribution in [0.5, 0.6) is 0 Å². The molecule has 0 spiro atoms. The Morgan fingerprint density at radius 2 is 2.21 bits per heavy atom. The summed E-state index contributed by atoms with van der Waals surface area (Å²) in [5.41, 5.74) is -0.0360. The second kappa shape index (κ2) is 4.36. The summed E-state index contributed by atoms with van der Waals surface area (Å²) in [6, 6.07) is 0. The molecule has 1 saturated heterocycles. The Bertz CT molecular complexity index is 441. The summed E-state index contributed by atoms with van der Waals surface area (Å²) in [7, 11) is 0. The second-order valence-corrected chi connectivity index (χ2v) is 6.39. The first-order valence-corrected chi connectivity index (χ1v) is 7.07. The van der Waals surface area contributed by atoms with Gasteiger partial charge in [0.2, 0.25) is 0 Å². The number of ether oxygens (including phenoxy) is 2. The molecule has 1 aliphatic heterocycles. The van der Waals surface area contributed by atoms with Crippen LogP contribution in [0.4, 0.5) is 0 Å². The van der Waals surface area contributed by atoms with Crippen molar-refractivity contribution in [3.05, 3.63) is 12.2 Å². The average molecular weight is 264 g/mol. The zero-order valence-corrected chi connectivity index (χ0v) is 11.3. The molecule has 3 rings (SSSR count). The van der Waals surface area contributed by atoms with Crippen LogP contribution in [0.2, 0.25) is 0 Å². The van der Waals surface area contributed by atoms with Gasteiger partial charge in [-0.25, -0.2) is 4.79 Å². The van der Waals surface area contributed by atoms with Crippen molar-refractivity contribution < 1.29 is 19.1 Å². The number of carbonyl (C=O) groups is 2. The minimum atomic E-state index is -0.461. The van der Waals surface area contributed by atoms with E-state index in [1.165, 1.54) is 0 Å². The van der Waals surface area contributed by atoms with Crippen LogP contribution < -0.4 is 0 Å². The molecule has 1 heterocycles. The van der Waals surface area contributed by atoms with Crippen molar-refractivity contribution in [3.63, 3.8) is 0 Å². The van der Waals surface area contributed by atoms with E-state index in [0.717, 1.165) is 32.1 Å². The van der Waals surface area contributed by atoms with Crippen molar-refractivity contribution in [1.82, 2.24) is 0 Å². The molecule has 4 atom stereocenters. The number of rotatable bonds is 2. The molecular formula is C15H20O4. The highest BCUT2D eigenvalue weighted by atomic mass is 16.6. The van der Waals surface area contributed by atoms with Crippen LogP contribution >= 0.6 is 0 Å². The zero-order chi connectivity index (χ0) is 13.6. The van der Waals surface area contributed by atoms with Gasteiger partial charge >= 0.3 is 11.9 Å². The lowest BCUT2D eigenvalue weighted by molar-refractivity contribution is -0.173. The Balaban J connectivity index is 1.87. The maximum Gasteiger partial charge on any atom is 0.333 e. The van der Waals surface area contributed by atoms with E-state index < -0.39 is 5.60 Å². The zero-order valence-electron chi connectivity index (χ0n) is 11.3. The van der Waals surface area contributed by atoms with Crippen molar-refractivity contribution in [3.8, 4) is 0 Å². The third-order valence-corrected chi connectivity index (χ3v) is 4.69.